The lowest BCUT2D eigenvalue weighted by molar-refractivity contribution is -0.124. The Morgan fingerprint density at radius 2 is 1.88 bits per heavy atom. The highest BCUT2D eigenvalue weighted by molar-refractivity contribution is 9.10. The predicted octanol–water partition coefficient (Wildman–Crippen LogP) is 2.22. The molecule has 0 heterocycles. The van der Waals surface area contributed by atoms with Crippen molar-refractivity contribution in [2.45, 2.75) is 13.8 Å². The van der Waals surface area contributed by atoms with E-state index in [0.717, 1.165) is 9.37 Å². The third-order valence-corrected chi connectivity index (χ3v) is 2.44. The second kappa shape index (κ2) is 4.90. The normalized spacial score (nSPS) is 9.38. The third kappa shape index (κ3) is 2.47. The van der Waals surface area contributed by atoms with Crippen LogP contribution in [0.3, 0.4) is 0 Å². The molecule has 1 rings (SSSR count). The van der Waals surface area contributed by atoms with Gasteiger partial charge in [-0.05, 0) is 18.2 Å². The molecule has 1 aromatic rings. The van der Waals surface area contributed by atoms with Crippen LogP contribution in [0.5, 0.6) is 0 Å². The summed E-state index contributed by atoms with van der Waals surface area (Å²) >= 11 is 3.22. The SMILES string of the molecule is CC(=O)N(C(C)=O)c1ccc(Br)cc1C#N. The number of halogens is 1. The van der Waals surface area contributed by atoms with Crippen LogP contribution >= 0.6 is 15.9 Å². The van der Waals surface area contributed by atoms with E-state index in [-0.39, 0.29) is 5.56 Å². The smallest absolute Gasteiger partial charge is 0.230 e. The number of benzene rings is 1. The number of carbonyl (C=O) groups excluding carboxylic acids is 2. The number of hydrogen-bond donors (Lipinski definition) is 0. The van der Waals surface area contributed by atoms with Crippen molar-refractivity contribution in [3.63, 3.8) is 0 Å². The number of rotatable bonds is 1. The molecular weight excluding hydrogens is 272 g/mol. The van der Waals surface area contributed by atoms with E-state index in [1.807, 2.05) is 6.07 Å². The monoisotopic (exact) mass is 280 g/mol. The van der Waals surface area contributed by atoms with E-state index in [4.69, 9.17) is 5.26 Å². The molecule has 0 spiro atoms. The lowest BCUT2D eigenvalue weighted by Crippen LogP contribution is -2.33. The predicted molar refractivity (Wildman–Crippen MR) is 62.7 cm³/mol. The Balaban J connectivity index is 3.36. The van der Waals surface area contributed by atoms with Gasteiger partial charge >= 0.3 is 0 Å². The molecule has 0 unspecified atom stereocenters. The van der Waals surface area contributed by atoms with Crippen molar-refractivity contribution in [3.05, 3.63) is 28.2 Å². The first-order valence-electron chi connectivity index (χ1n) is 4.48. The van der Waals surface area contributed by atoms with Crippen LogP contribution in [0.2, 0.25) is 0 Å². The molecule has 82 valence electrons. The van der Waals surface area contributed by atoms with Crippen LogP contribution in [-0.4, -0.2) is 11.8 Å². The van der Waals surface area contributed by atoms with Crippen LogP contribution in [0.15, 0.2) is 22.7 Å². The highest BCUT2D eigenvalue weighted by atomic mass is 79.9. The molecule has 4 nitrogen and oxygen atoms in total. The zero-order valence-corrected chi connectivity index (χ0v) is 10.4. The zero-order valence-electron chi connectivity index (χ0n) is 8.82. The fourth-order valence-corrected chi connectivity index (χ4v) is 1.71. The zero-order chi connectivity index (χ0) is 12.3. The summed E-state index contributed by atoms with van der Waals surface area (Å²) in [5, 5.41) is 8.94. The van der Waals surface area contributed by atoms with E-state index in [0.29, 0.717) is 5.69 Å². The van der Waals surface area contributed by atoms with Crippen LogP contribution < -0.4 is 4.90 Å². The Labute approximate surface area is 102 Å². The molecule has 0 bridgehead atoms. The van der Waals surface area contributed by atoms with Gasteiger partial charge in [0.15, 0.2) is 0 Å². The third-order valence-electron chi connectivity index (χ3n) is 1.95. The summed E-state index contributed by atoms with van der Waals surface area (Å²) in [5.41, 5.74) is 0.588. The standard InChI is InChI=1S/C11H9BrN2O2/c1-7(15)14(8(2)16)11-4-3-10(12)5-9(11)6-13/h3-5H,1-2H3. The lowest BCUT2D eigenvalue weighted by atomic mass is 10.1. The highest BCUT2D eigenvalue weighted by Gasteiger charge is 2.19. The molecule has 0 saturated heterocycles. The molecule has 0 aliphatic carbocycles. The number of anilines is 1. The van der Waals surface area contributed by atoms with Crippen molar-refractivity contribution in [3.8, 4) is 6.07 Å². The summed E-state index contributed by atoms with van der Waals surface area (Å²) in [6.07, 6.45) is 0. The van der Waals surface area contributed by atoms with Gasteiger partial charge in [0, 0.05) is 18.3 Å². The van der Waals surface area contributed by atoms with Gasteiger partial charge in [0.05, 0.1) is 11.3 Å². The van der Waals surface area contributed by atoms with Gasteiger partial charge in [-0.1, -0.05) is 15.9 Å². The Bertz CT molecular complexity index is 477. The van der Waals surface area contributed by atoms with E-state index < -0.39 is 11.8 Å². The maximum atomic E-state index is 11.3. The number of amides is 2. The van der Waals surface area contributed by atoms with Crippen molar-refractivity contribution in [2.75, 3.05) is 4.90 Å². The summed E-state index contributed by atoms with van der Waals surface area (Å²) < 4.78 is 0.722. The van der Waals surface area contributed by atoms with Crippen molar-refractivity contribution in [1.29, 1.82) is 5.26 Å². The minimum absolute atomic E-state index is 0.278. The minimum Gasteiger partial charge on any atom is -0.274 e. The number of hydrogen-bond acceptors (Lipinski definition) is 3. The first-order chi connectivity index (χ1) is 7.47. The molecule has 2 amide bonds. The van der Waals surface area contributed by atoms with Crippen LogP contribution in [0.4, 0.5) is 5.69 Å². The Morgan fingerprint density at radius 3 is 2.31 bits per heavy atom. The summed E-state index contributed by atoms with van der Waals surface area (Å²) in [4.78, 5) is 23.6. The average molecular weight is 281 g/mol. The van der Waals surface area contributed by atoms with Gasteiger partial charge in [0.2, 0.25) is 11.8 Å². The minimum atomic E-state index is -0.411. The quantitative estimate of drug-likeness (QED) is 0.793. The number of nitriles is 1. The van der Waals surface area contributed by atoms with Crippen LogP contribution in [0.1, 0.15) is 19.4 Å². The van der Waals surface area contributed by atoms with E-state index in [2.05, 4.69) is 15.9 Å². The Kier molecular flexibility index (Phi) is 3.80. The van der Waals surface area contributed by atoms with Gasteiger partial charge < -0.3 is 0 Å². The van der Waals surface area contributed by atoms with Crippen molar-refractivity contribution in [2.24, 2.45) is 0 Å². The van der Waals surface area contributed by atoms with Gasteiger partial charge in [-0.3, -0.25) is 9.59 Å². The molecule has 0 N–H and O–H groups in total. The molecule has 5 heteroatoms. The van der Waals surface area contributed by atoms with E-state index in [9.17, 15) is 9.59 Å². The summed E-state index contributed by atoms with van der Waals surface area (Å²) in [5.74, 6) is -0.822. The fourth-order valence-electron chi connectivity index (χ4n) is 1.35. The van der Waals surface area contributed by atoms with Gasteiger partial charge in [0.25, 0.3) is 0 Å². The summed E-state index contributed by atoms with van der Waals surface area (Å²) in [7, 11) is 0. The van der Waals surface area contributed by atoms with Gasteiger partial charge in [-0.15, -0.1) is 0 Å². The molecule has 0 aliphatic rings. The largest absolute Gasteiger partial charge is 0.274 e. The van der Waals surface area contributed by atoms with Crippen molar-refractivity contribution < 1.29 is 9.59 Å². The molecule has 0 aromatic heterocycles. The average Bonchev–Trinajstić information content (AvgIpc) is 2.19. The van der Waals surface area contributed by atoms with Gasteiger partial charge in [0.1, 0.15) is 6.07 Å². The van der Waals surface area contributed by atoms with E-state index in [1.54, 1.807) is 18.2 Å². The first kappa shape index (κ1) is 12.4. The molecular formula is C11H9BrN2O2. The van der Waals surface area contributed by atoms with Crippen molar-refractivity contribution in [1.82, 2.24) is 0 Å². The summed E-state index contributed by atoms with van der Waals surface area (Å²) in [6.45, 7) is 2.56. The second-order valence-electron chi connectivity index (χ2n) is 3.15. The Morgan fingerprint density at radius 1 is 1.31 bits per heavy atom. The number of nitrogens with zero attached hydrogens (tertiary/aromatic N) is 2. The highest BCUT2D eigenvalue weighted by Crippen LogP contribution is 2.24. The Hall–Kier alpha value is -1.67. The molecule has 0 radical (unpaired) electrons. The maximum absolute atomic E-state index is 11.3. The van der Waals surface area contributed by atoms with Crippen LogP contribution in [0, 0.1) is 11.3 Å². The first-order valence-corrected chi connectivity index (χ1v) is 5.27. The van der Waals surface area contributed by atoms with E-state index in [1.165, 1.54) is 13.8 Å². The maximum Gasteiger partial charge on any atom is 0.230 e. The van der Waals surface area contributed by atoms with E-state index >= 15 is 0 Å². The molecule has 1 aromatic carbocycles. The fraction of sp³-hybridized carbons (Fsp3) is 0.182. The van der Waals surface area contributed by atoms with Crippen LogP contribution in [0.25, 0.3) is 0 Å². The molecule has 0 aliphatic heterocycles. The van der Waals surface area contributed by atoms with Crippen LogP contribution in [-0.2, 0) is 9.59 Å². The molecule has 0 fully saturated rings. The van der Waals surface area contributed by atoms with Crippen molar-refractivity contribution >= 4 is 33.4 Å². The molecule has 16 heavy (non-hydrogen) atoms. The topological polar surface area (TPSA) is 61.2 Å². The molecule has 0 atom stereocenters. The second-order valence-corrected chi connectivity index (χ2v) is 4.06. The lowest BCUT2D eigenvalue weighted by Gasteiger charge is -2.18. The summed E-state index contributed by atoms with van der Waals surface area (Å²) in [6, 6.07) is 6.75. The van der Waals surface area contributed by atoms with Gasteiger partial charge in [-0.2, -0.15) is 5.26 Å². The molecule has 0 saturated carbocycles. The van der Waals surface area contributed by atoms with Gasteiger partial charge in [-0.25, -0.2) is 4.90 Å². The number of carbonyl (C=O) groups is 2. The number of imide groups is 1.